The Morgan fingerprint density at radius 2 is 2.18 bits per heavy atom. The van der Waals surface area contributed by atoms with Crippen molar-refractivity contribution < 1.29 is 9.47 Å². The van der Waals surface area contributed by atoms with Gasteiger partial charge in [0.1, 0.15) is 0 Å². The molecule has 2 aromatic rings. The molecular weight excluding hydrogens is 274 g/mol. The molecule has 0 bridgehead atoms. The number of ether oxygens (including phenoxy) is 2. The predicted octanol–water partition coefficient (Wildman–Crippen LogP) is 4.62. The molecule has 118 valence electrons. The molecule has 0 aliphatic carbocycles. The molecule has 0 N–H and O–H groups in total. The van der Waals surface area contributed by atoms with Crippen LogP contribution in [-0.4, -0.2) is 17.9 Å². The van der Waals surface area contributed by atoms with Crippen molar-refractivity contribution in [2.24, 2.45) is 0 Å². The van der Waals surface area contributed by atoms with Crippen LogP contribution in [0.25, 0.3) is 10.8 Å². The van der Waals surface area contributed by atoms with Gasteiger partial charge in [-0.15, -0.1) is 0 Å². The summed E-state index contributed by atoms with van der Waals surface area (Å²) in [5.41, 5.74) is 2.41. The molecule has 3 rings (SSSR count). The lowest BCUT2D eigenvalue weighted by Gasteiger charge is -2.23. The van der Waals surface area contributed by atoms with Gasteiger partial charge in [-0.25, -0.2) is 0 Å². The number of rotatable bonds is 6. The highest BCUT2D eigenvalue weighted by atomic mass is 16.7. The van der Waals surface area contributed by atoms with E-state index in [0.29, 0.717) is 6.61 Å². The van der Waals surface area contributed by atoms with Gasteiger partial charge in [-0.1, -0.05) is 37.6 Å². The fraction of sp³-hybridized carbons (Fsp3) is 0.526. The summed E-state index contributed by atoms with van der Waals surface area (Å²) in [6.45, 7) is 3.59. The molecular formula is C19H25NO2. The molecule has 1 aromatic carbocycles. The van der Waals surface area contributed by atoms with Crippen molar-refractivity contribution in [1.82, 2.24) is 4.98 Å². The van der Waals surface area contributed by atoms with Crippen molar-refractivity contribution in [3.05, 3.63) is 41.7 Å². The van der Waals surface area contributed by atoms with E-state index in [4.69, 9.17) is 9.47 Å². The molecule has 1 aliphatic heterocycles. The Hall–Kier alpha value is -1.45. The topological polar surface area (TPSA) is 31.4 Å². The van der Waals surface area contributed by atoms with E-state index < -0.39 is 0 Å². The number of unbranched alkanes of at least 4 members (excludes halogenated alkanes) is 1. The van der Waals surface area contributed by atoms with Gasteiger partial charge in [-0.05, 0) is 43.1 Å². The number of fused-ring (bicyclic) bond motifs is 1. The quantitative estimate of drug-likeness (QED) is 0.780. The van der Waals surface area contributed by atoms with E-state index in [1.54, 1.807) is 0 Å². The lowest BCUT2D eigenvalue weighted by atomic mass is 10.00. The number of benzene rings is 1. The van der Waals surface area contributed by atoms with Crippen molar-refractivity contribution in [3.63, 3.8) is 0 Å². The summed E-state index contributed by atoms with van der Waals surface area (Å²) in [7, 11) is 0. The van der Waals surface area contributed by atoms with Crippen molar-refractivity contribution in [2.45, 2.75) is 58.3 Å². The van der Waals surface area contributed by atoms with Crippen molar-refractivity contribution in [2.75, 3.05) is 6.61 Å². The summed E-state index contributed by atoms with van der Waals surface area (Å²) in [5, 5.41) is 2.53. The third-order valence-electron chi connectivity index (χ3n) is 4.32. The first kappa shape index (κ1) is 15.4. The Morgan fingerprint density at radius 1 is 1.27 bits per heavy atom. The number of hydrogen-bond donors (Lipinski definition) is 0. The lowest BCUT2D eigenvalue weighted by Crippen LogP contribution is -2.22. The van der Waals surface area contributed by atoms with Crippen LogP contribution in [0.15, 0.2) is 30.5 Å². The van der Waals surface area contributed by atoms with Crippen LogP contribution in [0.4, 0.5) is 0 Å². The molecule has 0 spiro atoms. The van der Waals surface area contributed by atoms with Crippen LogP contribution in [0.2, 0.25) is 0 Å². The molecule has 1 aliphatic rings. The first-order valence-electron chi connectivity index (χ1n) is 8.47. The summed E-state index contributed by atoms with van der Waals surface area (Å²) in [4.78, 5) is 4.66. The fourth-order valence-electron chi connectivity index (χ4n) is 3.04. The monoisotopic (exact) mass is 299 g/mol. The van der Waals surface area contributed by atoms with Gasteiger partial charge >= 0.3 is 0 Å². The molecule has 1 aromatic heterocycles. The average Bonchev–Trinajstić information content (AvgIpc) is 2.59. The van der Waals surface area contributed by atoms with Gasteiger partial charge in [0.2, 0.25) is 0 Å². The second kappa shape index (κ2) is 7.70. The van der Waals surface area contributed by atoms with Crippen LogP contribution >= 0.6 is 0 Å². The van der Waals surface area contributed by atoms with Crippen LogP contribution in [0, 0.1) is 0 Å². The summed E-state index contributed by atoms with van der Waals surface area (Å²) in [6, 6.07) is 8.50. The van der Waals surface area contributed by atoms with E-state index in [1.165, 1.54) is 35.6 Å². The summed E-state index contributed by atoms with van der Waals surface area (Å²) >= 11 is 0. The Morgan fingerprint density at radius 3 is 3.00 bits per heavy atom. The van der Waals surface area contributed by atoms with E-state index in [-0.39, 0.29) is 6.29 Å². The largest absolute Gasteiger partial charge is 0.353 e. The maximum absolute atomic E-state index is 5.95. The van der Waals surface area contributed by atoms with E-state index in [2.05, 4.69) is 36.2 Å². The molecule has 0 amide bonds. The van der Waals surface area contributed by atoms with Crippen LogP contribution in [0.3, 0.4) is 0 Å². The predicted molar refractivity (Wildman–Crippen MR) is 88.7 cm³/mol. The highest BCUT2D eigenvalue weighted by Gasteiger charge is 2.16. The highest BCUT2D eigenvalue weighted by Crippen LogP contribution is 2.24. The number of pyridine rings is 1. The second-order valence-electron chi connectivity index (χ2n) is 5.98. The Labute approximate surface area is 132 Å². The normalized spacial score (nSPS) is 18.7. The number of hydrogen-bond acceptors (Lipinski definition) is 3. The van der Waals surface area contributed by atoms with Crippen molar-refractivity contribution >= 4 is 10.8 Å². The van der Waals surface area contributed by atoms with Crippen LogP contribution in [0.1, 0.15) is 50.3 Å². The van der Waals surface area contributed by atoms with E-state index in [9.17, 15) is 0 Å². The third-order valence-corrected chi connectivity index (χ3v) is 4.32. The van der Waals surface area contributed by atoms with Crippen molar-refractivity contribution in [3.8, 4) is 0 Å². The molecule has 22 heavy (non-hydrogen) atoms. The first-order valence-corrected chi connectivity index (χ1v) is 8.47. The van der Waals surface area contributed by atoms with Crippen molar-refractivity contribution in [1.29, 1.82) is 0 Å². The maximum atomic E-state index is 5.95. The maximum Gasteiger partial charge on any atom is 0.158 e. The zero-order valence-corrected chi connectivity index (χ0v) is 13.4. The molecule has 3 heteroatoms. The SMILES string of the molecule is CCCCc1c(COC2CCCCO2)ncc2ccccc12. The van der Waals surface area contributed by atoms with Gasteiger partial charge in [0.15, 0.2) is 6.29 Å². The highest BCUT2D eigenvalue weighted by molar-refractivity contribution is 5.85. The molecule has 1 unspecified atom stereocenters. The van der Waals surface area contributed by atoms with Gasteiger partial charge in [-0.2, -0.15) is 0 Å². The first-order chi connectivity index (χ1) is 10.9. The zero-order chi connectivity index (χ0) is 15.2. The van der Waals surface area contributed by atoms with Gasteiger partial charge in [-0.3, -0.25) is 4.98 Å². The minimum Gasteiger partial charge on any atom is -0.353 e. The lowest BCUT2D eigenvalue weighted by molar-refractivity contribution is -0.169. The molecule has 3 nitrogen and oxygen atoms in total. The Balaban J connectivity index is 1.80. The van der Waals surface area contributed by atoms with Gasteiger partial charge < -0.3 is 9.47 Å². The summed E-state index contributed by atoms with van der Waals surface area (Å²) in [6.07, 6.45) is 8.69. The van der Waals surface area contributed by atoms with Crippen LogP contribution in [-0.2, 0) is 22.5 Å². The van der Waals surface area contributed by atoms with Gasteiger partial charge in [0.05, 0.1) is 12.3 Å². The van der Waals surface area contributed by atoms with E-state index in [0.717, 1.165) is 31.6 Å². The van der Waals surface area contributed by atoms with E-state index in [1.807, 2.05) is 6.20 Å². The average molecular weight is 299 g/mol. The zero-order valence-electron chi connectivity index (χ0n) is 13.4. The number of nitrogens with zero attached hydrogens (tertiary/aromatic N) is 1. The van der Waals surface area contributed by atoms with Crippen LogP contribution in [0.5, 0.6) is 0 Å². The number of aromatic nitrogens is 1. The smallest absolute Gasteiger partial charge is 0.158 e. The molecule has 0 saturated carbocycles. The molecule has 0 radical (unpaired) electrons. The number of aryl methyl sites for hydroxylation is 1. The fourth-order valence-corrected chi connectivity index (χ4v) is 3.04. The molecule has 2 heterocycles. The molecule has 1 saturated heterocycles. The Kier molecular flexibility index (Phi) is 5.41. The summed E-state index contributed by atoms with van der Waals surface area (Å²) in [5.74, 6) is 0. The Bertz CT molecular complexity index is 605. The third kappa shape index (κ3) is 3.65. The second-order valence-corrected chi connectivity index (χ2v) is 5.98. The molecule has 1 atom stereocenters. The van der Waals surface area contributed by atoms with Gasteiger partial charge in [0, 0.05) is 18.2 Å². The summed E-state index contributed by atoms with van der Waals surface area (Å²) < 4.78 is 11.6. The van der Waals surface area contributed by atoms with Gasteiger partial charge in [0.25, 0.3) is 0 Å². The minimum atomic E-state index is -0.0546. The van der Waals surface area contributed by atoms with Crippen LogP contribution < -0.4 is 0 Å². The molecule has 1 fully saturated rings. The minimum absolute atomic E-state index is 0.0546. The standard InChI is InChI=1S/C19H25NO2/c1-2-3-9-17-16-10-5-4-8-15(16)13-20-18(17)14-22-19-11-6-7-12-21-19/h4-5,8,10,13,19H,2-3,6-7,9,11-12,14H2,1H3. The van der Waals surface area contributed by atoms with E-state index >= 15 is 0 Å².